The molecule has 6 nitrogen and oxygen atoms in total. The molecule has 1 aromatic carbocycles. The number of carbonyl (C=O) groups excluding carboxylic acids is 1. The van der Waals surface area contributed by atoms with Crippen molar-refractivity contribution in [3.05, 3.63) is 30.3 Å². The molecule has 1 amide bonds. The van der Waals surface area contributed by atoms with Gasteiger partial charge in [-0.1, -0.05) is 31.5 Å². The minimum absolute atomic E-state index is 0.0735. The van der Waals surface area contributed by atoms with E-state index in [1.54, 1.807) is 7.05 Å². The average molecular weight is 387 g/mol. The third kappa shape index (κ3) is 6.43. The Hall–Kier alpha value is -2.24. The number of ether oxygens (including phenoxy) is 1. The maximum atomic E-state index is 12.4. The molecule has 1 aromatic rings. The predicted octanol–water partition coefficient (Wildman–Crippen LogP) is 2.85. The molecule has 3 N–H and O–H groups in total. The summed E-state index contributed by atoms with van der Waals surface area (Å²) in [5.41, 5.74) is 0. The Labute approximate surface area is 168 Å². The van der Waals surface area contributed by atoms with Crippen LogP contribution in [0, 0.1) is 5.92 Å². The Bertz CT molecular complexity index is 645. The highest BCUT2D eigenvalue weighted by atomic mass is 16.5. The van der Waals surface area contributed by atoms with Crippen LogP contribution in [0.3, 0.4) is 0 Å². The molecule has 0 radical (unpaired) electrons. The molecule has 2 fully saturated rings. The van der Waals surface area contributed by atoms with Crippen molar-refractivity contribution in [2.24, 2.45) is 10.9 Å². The zero-order valence-corrected chi connectivity index (χ0v) is 17.1. The summed E-state index contributed by atoms with van der Waals surface area (Å²) in [6.45, 7) is 2.80. The highest BCUT2D eigenvalue weighted by molar-refractivity contribution is 5.81. The standard InChI is InChI=1S/C22H34N4O2/c1-3-19(28-20-10-5-4-6-11-20)15-24-22(23-2)26-18-9-7-8-16(14-18)21(27)25-17-12-13-17/h4-6,10-11,16-19H,3,7-9,12-15H2,1-2H3,(H,25,27)(H2,23,24,26). The average Bonchev–Trinajstić information content (AvgIpc) is 3.55. The van der Waals surface area contributed by atoms with Crippen LogP contribution in [0.2, 0.25) is 0 Å². The number of benzene rings is 1. The molecule has 0 aromatic heterocycles. The molecular weight excluding hydrogens is 352 g/mol. The number of hydrogen-bond acceptors (Lipinski definition) is 3. The predicted molar refractivity (Wildman–Crippen MR) is 113 cm³/mol. The molecular formula is C22H34N4O2. The first-order valence-electron chi connectivity index (χ1n) is 10.7. The van der Waals surface area contributed by atoms with Crippen molar-refractivity contribution in [1.82, 2.24) is 16.0 Å². The number of guanidine groups is 1. The molecule has 0 bridgehead atoms. The molecule has 2 aliphatic rings. The number of carbonyl (C=O) groups is 1. The molecule has 0 aliphatic heterocycles. The van der Waals surface area contributed by atoms with E-state index in [4.69, 9.17) is 4.74 Å². The van der Waals surface area contributed by atoms with E-state index in [0.717, 1.165) is 56.7 Å². The van der Waals surface area contributed by atoms with E-state index >= 15 is 0 Å². The molecule has 0 spiro atoms. The number of hydrogen-bond donors (Lipinski definition) is 3. The first-order valence-corrected chi connectivity index (χ1v) is 10.7. The van der Waals surface area contributed by atoms with E-state index in [1.165, 1.54) is 0 Å². The lowest BCUT2D eigenvalue weighted by atomic mass is 9.85. The van der Waals surface area contributed by atoms with Crippen molar-refractivity contribution in [3.8, 4) is 5.75 Å². The zero-order valence-electron chi connectivity index (χ0n) is 17.1. The molecule has 3 unspecified atom stereocenters. The van der Waals surface area contributed by atoms with Crippen molar-refractivity contribution in [1.29, 1.82) is 0 Å². The van der Waals surface area contributed by atoms with Gasteiger partial charge < -0.3 is 20.7 Å². The van der Waals surface area contributed by atoms with Gasteiger partial charge in [-0.2, -0.15) is 0 Å². The van der Waals surface area contributed by atoms with Crippen LogP contribution in [0.15, 0.2) is 35.3 Å². The highest BCUT2D eigenvalue weighted by Crippen LogP contribution is 2.26. The van der Waals surface area contributed by atoms with E-state index in [0.29, 0.717) is 12.6 Å². The van der Waals surface area contributed by atoms with Crippen LogP contribution in [0.25, 0.3) is 0 Å². The number of para-hydroxylation sites is 1. The number of nitrogens with zero attached hydrogens (tertiary/aromatic N) is 1. The maximum absolute atomic E-state index is 12.4. The van der Waals surface area contributed by atoms with Crippen molar-refractivity contribution < 1.29 is 9.53 Å². The van der Waals surface area contributed by atoms with Gasteiger partial charge in [-0.3, -0.25) is 9.79 Å². The van der Waals surface area contributed by atoms with Crippen LogP contribution in [0.4, 0.5) is 0 Å². The molecule has 154 valence electrons. The van der Waals surface area contributed by atoms with E-state index < -0.39 is 0 Å². The zero-order chi connectivity index (χ0) is 19.8. The van der Waals surface area contributed by atoms with Crippen molar-refractivity contribution in [3.63, 3.8) is 0 Å². The lowest BCUT2D eigenvalue weighted by molar-refractivity contribution is -0.126. The maximum Gasteiger partial charge on any atom is 0.223 e. The van der Waals surface area contributed by atoms with Gasteiger partial charge in [-0.15, -0.1) is 0 Å². The minimum atomic E-state index is 0.0735. The van der Waals surface area contributed by atoms with Crippen LogP contribution >= 0.6 is 0 Å². The topological polar surface area (TPSA) is 74.8 Å². The second kappa shape index (κ2) is 10.3. The van der Waals surface area contributed by atoms with Crippen molar-refractivity contribution in [2.75, 3.05) is 13.6 Å². The van der Waals surface area contributed by atoms with E-state index in [-0.39, 0.29) is 24.0 Å². The second-order valence-electron chi connectivity index (χ2n) is 7.90. The largest absolute Gasteiger partial charge is 0.489 e. The highest BCUT2D eigenvalue weighted by Gasteiger charge is 2.31. The summed E-state index contributed by atoms with van der Waals surface area (Å²) >= 11 is 0. The smallest absolute Gasteiger partial charge is 0.223 e. The summed E-state index contributed by atoms with van der Waals surface area (Å²) in [5, 5.41) is 10.0. The van der Waals surface area contributed by atoms with Crippen molar-refractivity contribution >= 4 is 11.9 Å². The van der Waals surface area contributed by atoms with E-state index in [1.807, 2.05) is 30.3 Å². The number of rotatable bonds is 8. The number of nitrogens with one attached hydrogen (secondary N) is 3. The van der Waals surface area contributed by atoms with Gasteiger partial charge in [0.1, 0.15) is 11.9 Å². The fourth-order valence-corrected chi connectivity index (χ4v) is 3.67. The van der Waals surface area contributed by atoms with Gasteiger partial charge in [0.05, 0.1) is 6.54 Å². The van der Waals surface area contributed by atoms with Crippen LogP contribution < -0.4 is 20.7 Å². The lowest BCUT2D eigenvalue weighted by Crippen LogP contribution is -2.49. The fraction of sp³-hybridized carbons (Fsp3) is 0.636. The Morgan fingerprint density at radius 1 is 1.14 bits per heavy atom. The van der Waals surface area contributed by atoms with E-state index in [2.05, 4.69) is 27.9 Å². The quantitative estimate of drug-likeness (QED) is 0.474. The SMILES string of the molecule is CCC(CNC(=NC)NC1CCCC(C(=O)NC2CC2)C1)Oc1ccccc1. The molecule has 3 atom stereocenters. The van der Waals surface area contributed by atoms with Gasteiger partial charge in [-0.25, -0.2) is 0 Å². The molecule has 2 saturated carbocycles. The van der Waals surface area contributed by atoms with Crippen LogP contribution in [-0.4, -0.2) is 43.6 Å². The van der Waals surface area contributed by atoms with Gasteiger partial charge in [-0.05, 0) is 50.7 Å². The summed E-state index contributed by atoms with van der Waals surface area (Å²) < 4.78 is 6.04. The van der Waals surface area contributed by atoms with Crippen molar-refractivity contribution in [2.45, 2.75) is 70.1 Å². The van der Waals surface area contributed by atoms with Gasteiger partial charge in [0, 0.05) is 25.0 Å². The monoisotopic (exact) mass is 386 g/mol. The molecule has 28 heavy (non-hydrogen) atoms. The van der Waals surface area contributed by atoms with Crippen LogP contribution in [0.5, 0.6) is 5.75 Å². The first kappa shape index (κ1) is 20.5. The fourth-order valence-electron chi connectivity index (χ4n) is 3.67. The third-order valence-corrected chi connectivity index (χ3v) is 5.53. The van der Waals surface area contributed by atoms with Crippen LogP contribution in [-0.2, 0) is 4.79 Å². The summed E-state index contributed by atoms with van der Waals surface area (Å²) in [6.07, 6.45) is 7.27. The van der Waals surface area contributed by atoms with Crippen LogP contribution in [0.1, 0.15) is 51.9 Å². The number of amides is 1. The minimum Gasteiger partial charge on any atom is -0.489 e. The normalized spacial score (nSPS) is 23.6. The van der Waals surface area contributed by atoms with E-state index in [9.17, 15) is 4.79 Å². The van der Waals surface area contributed by atoms with Gasteiger partial charge in [0.15, 0.2) is 5.96 Å². The Kier molecular flexibility index (Phi) is 7.57. The molecule has 0 heterocycles. The number of aliphatic imine (C=N–C) groups is 1. The molecule has 3 rings (SSSR count). The van der Waals surface area contributed by atoms with Gasteiger partial charge in [0.2, 0.25) is 5.91 Å². The molecule has 0 saturated heterocycles. The molecule has 6 heteroatoms. The molecule has 2 aliphatic carbocycles. The van der Waals surface area contributed by atoms with Gasteiger partial charge in [0.25, 0.3) is 0 Å². The summed E-state index contributed by atoms with van der Waals surface area (Å²) in [4.78, 5) is 16.7. The second-order valence-corrected chi connectivity index (χ2v) is 7.90. The Balaban J connectivity index is 1.44. The summed E-state index contributed by atoms with van der Waals surface area (Å²) in [5.74, 6) is 2.02. The third-order valence-electron chi connectivity index (χ3n) is 5.53. The summed E-state index contributed by atoms with van der Waals surface area (Å²) in [6, 6.07) is 10.6. The Morgan fingerprint density at radius 2 is 1.93 bits per heavy atom. The first-order chi connectivity index (χ1) is 13.7. The Morgan fingerprint density at radius 3 is 2.61 bits per heavy atom. The lowest BCUT2D eigenvalue weighted by Gasteiger charge is -2.30. The summed E-state index contributed by atoms with van der Waals surface area (Å²) in [7, 11) is 1.79. The van der Waals surface area contributed by atoms with Gasteiger partial charge >= 0.3 is 0 Å².